The Morgan fingerprint density at radius 3 is 2.54 bits per heavy atom. The van der Waals surface area contributed by atoms with E-state index < -0.39 is 5.97 Å². The van der Waals surface area contributed by atoms with E-state index in [1.165, 1.54) is 0 Å². The average molecular weight is 462 g/mol. The van der Waals surface area contributed by atoms with E-state index in [0.717, 1.165) is 10.4 Å². The molecule has 148 valence electrons. The molecule has 2 aromatic carbocycles. The summed E-state index contributed by atoms with van der Waals surface area (Å²) in [5, 5.41) is 23.5. The lowest BCUT2D eigenvalue weighted by Gasteiger charge is -2.27. The highest BCUT2D eigenvalue weighted by Gasteiger charge is 2.26. The van der Waals surface area contributed by atoms with Gasteiger partial charge in [-0.15, -0.1) is 11.8 Å². The quantitative estimate of drug-likeness (QED) is 0.542. The summed E-state index contributed by atoms with van der Waals surface area (Å²) in [4.78, 5) is 15.2. The topological polar surface area (TPSA) is 68.5 Å². The zero-order chi connectivity index (χ0) is 20.6. The molecule has 0 aliphatic heterocycles. The van der Waals surface area contributed by atoms with Crippen LogP contribution in [0.4, 0.5) is 0 Å². The molecule has 0 saturated heterocycles. The van der Waals surface area contributed by atoms with Gasteiger partial charge in [-0.05, 0) is 44.8 Å². The molecule has 1 atom stereocenters. The predicted octanol–water partition coefficient (Wildman–Crippen LogP) is 4.63. The fourth-order valence-electron chi connectivity index (χ4n) is 3.35. The maximum Gasteiger partial charge on any atom is 0.338 e. The van der Waals surface area contributed by atoms with Gasteiger partial charge in [-0.25, -0.2) is 4.79 Å². The zero-order valence-electron chi connectivity index (χ0n) is 16.2. The van der Waals surface area contributed by atoms with E-state index in [1.54, 1.807) is 17.8 Å². The van der Waals surface area contributed by atoms with Crippen molar-refractivity contribution in [2.75, 3.05) is 14.1 Å². The summed E-state index contributed by atoms with van der Waals surface area (Å²) in [7, 11) is 5.62. The van der Waals surface area contributed by atoms with Crippen LogP contribution < -0.4 is 5.11 Å². The number of rotatable bonds is 6. The van der Waals surface area contributed by atoms with E-state index in [2.05, 4.69) is 15.9 Å². The Balaban J connectivity index is 2.25. The standard InChI is InChI=1S/C21H23BrN2O3S/c1-12(23(2)3)17-18-15(10-14(22)20(17)25)24(4)16(19(18)21(26)27)11-28-13-8-6-5-7-9-13/h5-10,12,25H,11H2,1-4H3,(H,26,27)/p-1. The third-order valence-electron chi connectivity index (χ3n) is 5.08. The third-order valence-corrected chi connectivity index (χ3v) is 6.69. The fourth-order valence-corrected chi connectivity index (χ4v) is 4.77. The molecule has 7 heteroatoms. The summed E-state index contributed by atoms with van der Waals surface area (Å²) in [5.74, 6) is -0.675. The van der Waals surface area contributed by atoms with Crippen molar-refractivity contribution < 1.29 is 15.0 Å². The minimum Gasteiger partial charge on any atom is -0.871 e. The van der Waals surface area contributed by atoms with Crippen molar-refractivity contribution in [2.45, 2.75) is 23.6 Å². The smallest absolute Gasteiger partial charge is 0.338 e. The maximum absolute atomic E-state index is 12.9. The number of carboxylic acid groups (broad SMARTS) is 1. The highest BCUT2D eigenvalue weighted by atomic mass is 79.9. The maximum atomic E-state index is 12.9. The van der Waals surface area contributed by atoms with Crippen molar-refractivity contribution >= 4 is 44.6 Å². The number of fused-ring (bicyclic) bond motifs is 1. The number of nitrogens with zero attached hydrogens (tertiary/aromatic N) is 2. The van der Waals surface area contributed by atoms with E-state index in [1.807, 2.05) is 67.9 Å². The Morgan fingerprint density at radius 1 is 1.32 bits per heavy atom. The lowest BCUT2D eigenvalue weighted by atomic mass is 9.98. The largest absolute Gasteiger partial charge is 0.871 e. The molecular weight excluding hydrogens is 440 g/mol. The molecule has 1 aromatic heterocycles. The summed E-state index contributed by atoms with van der Waals surface area (Å²) in [6.07, 6.45) is 0. The van der Waals surface area contributed by atoms with Gasteiger partial charge < -0.3 is 19.7 Å². The van der Waals surface area contributed by atoms with E-state index in [0.29, 0.717) is 26.9 Å². The van der Waals surface area contributed by atoms with Crippen LogP contribution in [0.2, 0.25) is 0 Å². The molecule has 3 rings (SSSR count). The third kappa shape index (κ3) is 3.66. The molecule has 0 aliphatic carbocycles. The highest BCUT2D eigenvalue weighted by molar-refractivity contribution is 9.10. The number of benzene rings is 2. The van der Waals surface area contributed by atoms with Crippen LogP contribution in [0.5, 0.6) is 5.75 Å². The minimum atomic E-state index is -1.01. The summed E-state index contributed by atoms with van der Waals surface area (Å²) in [6, 6.07) is 11.4. The fraction of sp³-hybridized carbons (Fsp3) is 0.286. The van der Waals surface area contributed by atoms with Gasteiger partial charge in [0.25, 0.3) is 0 Å². The molecule has 3 aromatic rings. The van der Waals surface area contributed by atoms with Crippen molar-refractivity contribution in [2.24, 2.45) is 7.05 Å². The number of aromatic carboxylic acids is 1. The monoisotopic (exact) mass is 461 g/mol. The molecule has 1 N–H and O–H groups in total. The molecular formula is C21H22BrN2O3S-. The number of hydrogen-bond acceptors (Lipinski definition) is 4. The van der Waals surface area contributed by atoms with Crippen molar-refractivity contribution in [1.82, 2.24) is 9.47 Å². The van der Waals surface area contributed by atoms with Crippen LogP contribution >= 0.6 is 27.7 Å². The summed E-state index contributed by atoms with van der Waals surface area (Å²) in [5.41, 5.74) is 2.17. The first-order chi connectivity index (χ1) is 13.2. The van der Waals surface area contributed by atoms with Gasteiger partial charge in [0.15, 0.2) is 0 Å². The first kappa shape index (κ1) is 20.8. The van der Waals surface area contributed by atoms with Crippen LogP contribution in [0.15, 0.2) is 45.8 Å². The van der Waals surface area contributed by atoms with Gasteiger partial charge in [0.1, 0.15) is 0 Å². The van der Waals surface area contributed by atoms with Crippen LogP contribution in [0, 0.1) is 0 Å². The summed E-state index contributed by atoms with van der Waals surface area (Å²) >= 11 is 4.95. The molecule has 28 heavy (non-hydrogen) atoms. The highest BCUT2D eigenvalue weighted by Crippen LogP contribution is 2.42. The van der Waals surface area contributed by atoms with E-state index in [-0.39, 0.29) is 17.4 Å². The molecule has 0 fully saturated rings. The molecule has 0 aliphatic rings. The molecule has 0 radical (unpaired) electrons. The van der Waals surface area contributed by atoms with Gasteiger partial charge in [0.05, 0.1) is 11.1 Å². The van der Waals surface area contributed by atoms with Gasteiger partial charge in [-0.2, -0.15) is 0 Å². The lowest BCUT2D eigenvalue weighted by molar-refractivity contribution is -0.271. The second kappa shape index (κ2) is 8.19. The van der Waals surface area contributed by atoms with Crippen LogP contribution in [-0.2, 0) is 12.8 Å². The Morgan fingerprint density at radius 2 is 1.96 bits per heavy atom. The van der Waals surface area contributed by atoms with Gasteiger partial charge in [-0.3, -0.25) is 0 Å². The normalized spacial score (nSPS) is 12.6. The lowest BCUT2D eigenvalue weighted by Crippen LogP contribution is -2.19. The Kier molecular flexibility index (Phi) is 6.07. The average Bonchev–Trinajstić information content (AvgIpc) is 2.93. The SMILES string of the molecule is CC(c1c([O-])c(Br)cc2c1c(C(=O)O)c(CSc1ccccc1)n2C)N(C)C. The van der Waals surface area contributed by atoms with Crippen LogP contribution in [0.25, 0.3) is 10.9 Å². The number of aromatic nitrogens is 1. The minimum absolute atomic E-state index is 0.163. The van der Waals surface area contributed by atoms with Gasteiger partial charge >= 0.3 is 5.97 Å². The second-order valence-electron chi connectivity index (χ2n) is 6.92. The molecule has 1 heterocycles. The van der Waals surface area contributed by atoms with E-state index in [4.69, 9.17) is 0 Å². The van der Waals surface area contributed by atoms with Crippen molar-refractivity contribution in [3.05, 3.63) is 57.7 Å². The Hall–Kier alpha value is -1.96. The van der Waals surface area contributed by atoms with E-state index in [9.17, 15) is 15.0 Å². The molecule has 0 bridgehead atoms. The molecule has 0 spiro atoms. The number of hydrogen-bond donors (Lipinski definition) is 1. The second-order valence-corrected chi connectivity index (χ2v) is 8.83. The van der Waals surface area contributed by atoms with Crippen LogP contribution in [0.3, 0.4) is 0 Å². The molecule has 0 saturated carbocycles. The zero-order valence-corrected chi connectivity index (χ0v) is 18.6. The first-order valence-corrected chi connectivity index (χ1v) is 10.6. The number of halogens is 1. The number of aryl methyl sites for hydroxylation is 1. The van der Waals surface area contributed by atoms with Gasteiger partial charge in [0, 0.05) is 39.3 Å². The molecule has 5 nitrogen and oxygen atoms in total. The van der Waals surface area contributed by atoms with Crippen LogP contribution in [-0.4, -0.2) is 34.6 Å². The molecule has 0 amide bonds. The predicted molar refractivity (Wildman–Crippen MR) is 115 cm³/mol. The Labute approximate surface area is 177 Å². The van der Waals surface area contributed by atoms with Crippen LogP contribution in [0.1, 0.15) is 34.6 Å². The summed E-state index contributed by atoms with van der Waals surface area (Å²) < 4.78 is 2.34. The van der Waals surface area contributed by atoms with Crippen molar-refractivity contribution in [1.29, 1.82) is 0 Å². The van der Waals surface area contributed by atoms with Gasteiger partial charge in [-0.1, -0.05) is 39.9 Å². The summed E-state index contributed by atoms with van der Waals surface area (Å²) in [6.45, 7) is 1.92. The Bertz CT molecular complexity index is 1030. The van der Waals surface area contributed by atoms with Gasteiger partial charge in [0.2, 0.25) is 0 Å². The number of carbonyl (C=O) groups is 1. The number of carboxylic acids is 1. The van der Waals surface area contributed by atoms with Crippen molar-refractivity contribution in [3.63, 3.8) is 0 Å². The van der Waals surface area contributed by atoms with Crippen molar-refractivity contribution in [3.8, 4) is 5.75 Å². The number of thioether (sulfide) groups is 1. The first-order valence-electron chi connectivity index (χ1n) is 8.82. The van der Waals surface area contributed by atoms with E-state index >= 15 is 0 Å². The molecule has 1 unspecified atom stereocenters.